The van der Waals surface area contributed by atoms with Crippen LogP contribution in [0.3, 0.4) is 0 Å². The molecule has 2 aromatic carbocycles. The molecule has 0 bridgehead atoms. The third-order valence-corrected chi connectivity index (χ3v) is 4.80. The zero-order valence-corrected chi connectivity index (χ0v) is 17.1. The van der Waals surface area contributed by atoms with Crippen LogP contribution in [0.1, 0.15) is 21.6 Å². The fourth-order valence-electron chi connectivity index (χ4n) is 2.71. The molecule has 3 rings (SSSR count). The van der Waals surface area contributed by atoms with E-state index >= 15 is 0 Å². The van der Waals surface area contributed by atoms with Crippen molar-refractivity contribution < 1.29 is 14.3 Å². The average molecular weight is 420 g/mol. The van der Waals surface area contributed by atoms with Crippen molar-refractivity contribution in [1.29, 1.82) is 0 Å². The number of methoxy groups -OCH3 is 2. The summed E-state index contributed by atoms with van der Waals surface area (Å²) in [5.74, 6) is 1.13. The second kappa shape index (κ2) is 8.54. The van der Waals surface area contributed by atoms with Crippen LogP contribution in [-0.4, -0.2) is 29.9 Å². The second-order valence-electron chi connectivity index (χ2n) is 6.08. The first-order valence-electron chi connectivity index (χ1n) is 8.43. The van der Waals surface area contributed by atoms with Crippen molar-refractivity contribution in [2.24, 2.45) is 0 Å². The number of aryl methyl sites for hydroxylation is 1. The lowest BCUT2D eigenvalue weighted by atomic mass is 10.1. The largest absolute Gasteiger partial charge is 0.497 e. The molecule has 0 saturated heterocycles. The van der Waals surface area contributed by atoms with E-state index < -0.39 is 0 Å². The average Bonchev–Trinajstić information content (AvgIpc) is 3.02. The molecule has 0 aliphatic carbocycles. The summed E-state index contributed by atoms with van der Waals surface area (Å²) >= 11 is 12.2. The molecule has 8 heteroatoms. The summed E-state index contributed by atoms with van der Waals surface area (Å²) in [6.07, 6.45) is 0. The molecule has 0 radical (unpaired) electrons. The van der Waals surface area contributed by atoms with Gasteiger partial charge in [-0.05, 0) is 36.8 Å². The number of hydrogen-bond acceptors (Lipinski definition) is 4. The number of ether oxygens (including phenoxy) is 2. The van der Waals surface area contributed by atoms with E-state index in [0.717, 1.165) is 11.3 Å². The molecular formula is C20H19Cl2N3O3. The van der Waals surface area contributed by atoms with Gasteiger partial charge in [0.05, 0.1) is 26.3 Å². The number of rotatable bonds is 6. The molecule has 0 aliphatic heterocycles. The molecular weight excluding hydrogens is 401 g/mol. The quantitative estimate of drug-likeness (QED) is 0.621. The van der Waals surface area contributed by atoms with E-state index in [4.69, 9.17) is 32.7 Å². The van der Waals surface area contributed by atoms with Crippen LogP contribution in [0.25, 0.3) is 0 Å². The van der Waals surface area contributed by atoms with Gasteiger partial charge in [-0.2, -0.15) is 5.10 Å². The minimum absolute atomic E-state index is 0.325. The number of carbonyl (C=O) groups is 1. The molecule has 3 aromatic rings. The molecule has 6 nitrogen and oxygen atoms in total. The Morgan fingerprint density at radius 3 is 2.57 bits per heavy atom. The normalized spacial score (nSPS) is 10.6. The SMILES string of the molecule is COc1ccc(C(=O)Nc2cc(C)n(Cc3ccc(Cl)cc3Cl)n2)c(OC)c1. The van der Waals surface area contributed by atoms with Crippen LogP contribution in [-0.2, 0) is 6.54 Å². The molecule has 0 atom stereocenters. The Morgan fingerprint density at radius 1 is 1.11 bits per heavy atom. The number of benzene rings is 2. The maximum absolute atomic E-state index is 12.6. The van der Waals surface area contributed by atoms with Gasteiger partial charge in [-0.3, -0.25) is 9.48 Å². The minimum Gasteiger partial charge on any atom is -0.497 e. The van der Waals surface area contributed by atoms with Gasteiger partial charge in [0.25, 0.3) is 5.91 Å². The van der Waals surface area contributed by atoms with Crippen LogP contribution < -0.4 is 14.8 Å². The van der Waals surface area contributed by atoms with Gasteiger partial charge >= 0.3 is 0 Å². The summed E-state index contributed by atoms with van der Waals surface area (Å²) in [6.45, 7) is 2.37. The summed E-state index contributed by atoms with van der Waals surface area (Å²) in [6, 6.07) is 12.1. The van der Waals surface area contributed by atoms with E-state index in [0.29, 0.717) is 39.5 Å². The Kier molecular flexibility index (Phi) is 6.11. The molecule has 0 fully saturated rings. The molecule has 146 valence electrons. The first-order valence-corrected chi connectivity index (χ1v) is 9.18. The fourth-order valence-corrected chi connectivity index (χ4v) is 3.18. The van der Waals surface area contributed by atoms with E-state index in [1.807, 2.05) is 13.0 Å². The van der Waals surface area contributed by atoms with Gasteiger partial charge in [0.1, 0.15) is 11.5 Å². The molecule has 0 saturated carbocycles. The zero-order valence-electron chi connectivity index (χ0n) is 15.6. The van der Waals surface area contributed by atoms with Crippen LogP contribution in [0.2, 0.25) is 10.0 Å². The lowest BCUT2D eigenvalue weighted by molar-refractivity contribution is 0.102. The van der Waals surface area contributed by atoms with Gasteiger partial charge in [0.2, 0.25) is 0 Å². The highest BCUT2D eigenvalue weighted by Gasteiger charge is 2.16. The summed E-state index contributed by atoms with van der Waals surface area (Å²) in [5, 5.41) is 8.39. The van der Waals surface area contributed by atoms with E-state index in [1.165, 1.54) is 7.11 Å². The zero-order chi connectivity index (χ0) is 20.3. The van der Waals surface area contributed by atoms with E-state index in [9.17, 15) is 4.79 Å². The summed E-state index contributed by atoms with van der Waals surface area (Å²) in [5.41, 5.74) is 2.14. The lowest BCUT2D eigenvalue weighted by Crippen LogP contribution is -2.14. The number of halogens is 2. The highest BCUT2D eigenvalue weighted by molar-refractivity contribution is 6.35. The van der Waals surface area contributed by atoms with E-state index in [-0.39, 0.29) is 5.91 Å². The predicted octanol–water partition coefficient (Wildman–Crippen LogP) is 4.82. The molecule has 28 heavy (non-hydrogen) atoms. The Morgan fingerprint density at radius 2 is 1.89 bits per heavy atom. The van der Waals surface area contributed by atoms with Crippen molar-refractivity contribution in [3.05, 3.63) is 69.3 Å². The van der Waals surface area contributed by atoms with Crippen molar-refractivity contribution in [1.82, 2.24) is 9.78 Å². The Bertz CT molecular complexity index is 1020. The maximum Gasteiger partial charge on any atom is 0.260 e. The topological polar surface area (TPSA) is 65.4 Å². The van der Waals surface area contributed by atoms with Crippen molar-refractivity contribution in [3.63, 3.8) is 0 Å². The molecule has 1 heterocycles. The first-order chi connectivity index (χ1) is 13.4. The van der Waals surface area contributed by atoms with Crippen LogP contribution in [0.4, 0.5) is 5.82 Å². The Balaban J connectivity index is 1.79. The van der Waals surface area contributed by atoms with Crippen molar-refractivity contribution >= 4 is 34.9 Å². The van der Waals surface area contributed by atoms with Crippen molar-refractivity contribution in [2.45, 2.75) is 13.5 Å². The molecule has 1 amide bonds. The highest BCUT2D eigenvalue weighted by Crippen LogP contribution is 2.26. The molecule has 0 spiro atoms. The number of hydrogen-bond donors (Lipinski definition) is 1. The van der Waals surface area contributed by atoms with Gasteiger partial charge in [0.15, 0.2) is 5.82 Å². The van der Waals surface area contributed by atoms with Gasteiger partial charge in [-0.1, -0.05) is 29.3 Å². The molecule has 0 unspecified atom stereocenters. The molecule has 1 N–H and O–H groups in total. The highest BCUT2D eigenvalue weighted by atomic mass is 35.5. The first kappa shape index (κ1) is 20.0. The van der Waals surface area contributed by atoms with Gasteiger partial charge in [0, 0.05) is 27.9 Å². The number of nitrogens with one attached hydrogen (secondary N) is 1. The van der Waals surface area contributed by atoms with Gasteiger partial charge in [-0.15, -0.1) is 0 Å². The third-order valence-electron chi connectivity index (χ3n) is 4.21. The monoisotopic (exact) mass is 419 g/mol. The molecule has 0 aliphatic rings. The predicted molar refractivity (Wildman–Crippen MR) is 110 cm³/mol. The van der Waals surface area contributed by atoms with Crippen LogP contribution in [0.15, 0.2) is 42.5 Å². The second-order valence-corrected chi connectivity index (χ2v) is 6.93. The van der Waals surface area contributed by atoms with Gasteiger partial charge < -0.3 is 14.8 Å². The fraction of sp³-hybridized carbons (Fsp3) is 0.200. The third kappa shape index (κ3) is 4.40. The standard InChI is InChI=1S/C20H19Cl2N3O3/c1-12-8-19(24-25(12)11-13-4-5-14(21)9-17(13)22)23-20(26)16-7-6-15(27-2)10-18(16)28-3/h4-10H,11H2,1-3H3,(H,23,24,26). The van der Waals surface area contributed by atoms with Crippen LogP contribution >= 0.6 is 23.2 Å². The maximum atomic E-state index is 12.6. The van der Waals surface area contributed by atoms with Gasteiger partial charge in [-0.25, -0.2) is 0 Å². The van der Waals surface area contributed by atoms with Crippen molar-refractivity contribution in [3.8, 4) is 11.5 Å². The Labute approximate surface area is 173 Å². The summed E-state index contributed by atoms with van der Waals surface area (Å²) in [4.78, 5) is 12.6. The minimum atomic E-state index is -0.325. The van der Waals surface area contributed by atoms with Crippen LogP contribution in [0.5, 0.6) is 11.5 Å². The summed E-state index contributed by atoms with van der Waals surface area (Å²) < 4.78 is 12.2. The summed E-state index contributed by atoms with van der Waals surface area (Å²) in [7, 11) is 3.05. The van der Waals surface area contributed by atoms with Crippen molar-refractivity contribution in [2.75, 3.05) is 19.5 Å². The number of anilines is 1. The number of aromatic nitrogens is 2. The van der Waals surface area contributed by atoms with E-state index in [1.54, 1.807) is 48.2 Å². The smallest absolute Gasteiger partial charge is 0.260 e. The van der Waals surface area contributed by atoms with Crippen LogP contribution in [0, 0.1) is 6.92 Å². The van der Waals surface area contributed by atoms with E-state index in [2.05, 4.69) is 10.4 Å². The number of amides is 1. The Hall–Kier alpha value is -2.70. The number of nitrogens with zero attached hydrogens (tertiary/aromatic N) is 2. The molecule has 1 aromatic heterocycles. The lowest BCUT2D eigenvalue weighted by Gasteiger charge is -2.10. The number of carbonyl (C=O) groups excluding carboxylic acids is 1.